The first kappa shape index (κ1) is 10.4. The summed E-state index contributed by atoms with van der Waals surface area (Å²) >= 11 is 0. The van der Waals surface area contributed by atoms with Crippen molar-refractivity contribution in [1.29, 1.82) is 0 Å². The van der Waals surface area contributed by atoms with Crippen molar-refractivity contribution in [1.82, 2.24) is 4.98 Å². The molecule has 0 aliphatic heterocycles. The van der Waals surface area contributed by atoms with Gasteiger partial charge in [0.05, 0.1) is 7.11 Å². The van der Waals surface area contributed by atoms with Crippen molar-refractivity contribution < 1.29 is 18.3 Å². The van der Waals surface area contributed by atoms with Gasteiger partial charge in [0.25, 0.3) is 6.43 Å². The lowest BCUT2D eigenvalue weighted by atomic mass is 10.2. The Morgan fingerprint density at radius 1 is 1.57 bits per heavy atom. The van der Waals surface area contributed by atoms with Crippen LogP contribution in [-0.2, 0) is 4.74 Å². The van der Waals surface area contributed by atoms with Gasteiger partial charge in [-0.15, -0.1) is 0 Å². The molecule has 0 aliphatic carbocycles. The Balaban J connectivity index is 3.13. The molecule has 14 heavy (non-hydrogen) atoms. The molecule has 0 spiro atoms. The smallest absolute Gasteiger partial charge is 0.356 e. The molecule has 0 radical (unpaired) electrons. The lowest BCUT2D eigenvalue weighted by Crippen LogP contribution is -2.07. The van der Waals surface area contributed by atoms with Crippen LogP contribution in [0.4, 0.5) is 14.6 Å². The number of aromatic nitrogens is 1. The summed E-state index contributed by atoms with van der Waals surface area (Å²) in [6.45, 7) is 0. The molecule has 0 bridgehead atoms. The average Bonchev–Trinajstić information content (AvgIpc) is 2.15. The fourth-order valence-corrected chi connectivity index (χ4v) is 0.909. The van der Waals surface area contributed by atoms with Crippen molar-refractivity contribution >= 4 is 11.8 Å². The van der Waals surface area contributed by atoms with E-state index >= 15 is 0 Å². The average molecular weight is 202 g/mol. The number of hydrogen-bond donors (Lipinski definition) is 1. The highest BCUT2D eigenvalue weighted by atomic mass is 19.3. The quantitative estimate of drug-likeness (QED) is 0.736. The van der Waals surface area contributed by atoms with Crippen molar-refractivity contribution in [2.75, 3.05) is 12.8 Å². The summed E-state index contributed by atoms with van der Waals surface area (Å²) in [7, 11) is 1.13. The third kappa shape index (κ3) is 2.15. The number of nitrogen functional groups attached to an aromatic ring is 1. The minimum Gasteiger partial charge on any atom is -0.464 e. The van der Waals surface area contributed by atoms with E-state index in [-0.39, 0.29) is 17.1 Å². The van der Waals surface area contributed by atoms with Crippen LogP contribution in [0.3, 0.4) is 0 Å². The fourth-order valence-electron chi connectivity index (χ4n) is 0.909. The Morgan fingerprint density at radius 3 is 2.71 bits per heavy atom. The molecule has 0 amide bonds. The van der Waals surface area contributed by atoms with Crippen molar-refractivity contribution in [3.63, 3.8) is 0 Å². The second-order valence-electron chi connectivity index (χ2n) is 2.50. The van der Waals surface area contributed by atoms with Crippen LogP contribution in [0, 0.1) is 0 Å². The number of alkyl halides is 2. The van der Waals surface area contributed by atoms with E-state index in [0.29, 0.717) is 0 Å². The fraction of sp³-hybridized carbons (Fsp3) is 0.250. The van der Waals surface area contributed by atoms with E-state index in [2.05, 4.69) is 9.72 Å². The van der Waals surface area contributed by atoms with Crippen molar-refractivity contribution in [2.24, 2.45) is 0 Å². The molecule has 0 atom stereocenters. The number of ether oxygens (including phenoxy) is 1. The van der Waals surface area contributed by atoms with Crippen LogP contribution in [0.2, 0.25) is 0 Å². The predicted molar refractivity (Wildman–Crippen MR) is 44.9 cm³/mol. The van der Waals surface area contributed by atoms with Gasteiger partial charge in [-0.05, 0) is 12.1 Å². The van der Waals surface area contributed by atoms with Crippen LogP contribution in [-0.4, -0.2) is 18.1 Å². The first-order chi connectivity index (χ1) is 6.54. The highest BCUT2D eigenvalue weighted by Crippen LogP contribution is 2.21. The van der Waals surface area contributed by atoms with E-state index in [1.54, 1.807) is 0 Å². The van der Waals surface area contributed by atoms with Crippen LogP contribution >= 0.6 is 0 Å². The zero-order valence-electron chi connectivity index (χ0n) is 7.33. The molecule has 0 unspecified atom stereocenters. The molecule has 1 aromatic heterocycles. The maximum atomic E-state index is 12.3. The summed E-state index contributed by atoms with van der Waals surface area (Å²) in [6, 6.07) is 1.96. The molecule has 0 aliphatic rings. The third-order valence-electron chi connectivity index (χ3n) is 1.51. The van der Waals surface area contributed by atoms with Crippen LogP contribution in [0.25, 0.3) is 0 Å². The minimum absolute atomic E-state index is 0.136. The molecule has 0 aromatic carbocycles. The van der Waals surface area contributed by atoms with Crippen LogP contribution in [0.1, 0.15) is 22.5 Å². The van der Waals surface area contributed by atoms with Gasteiger partial charge in [0, 0.05) is 5.56 Å². The Kier molecular flexibility index (Phi) is 2.95. The lowest BCUT2D eigenvalue weighted by Gasteiger charge is -2.03. The maximum absolute atomic E-state index is 12.3. The van der Waals surface area contributed by atoms with Crippen molar-refractivity contribution in [3.8, 4) is 0 Å². The molecular formula is C8H8F2N2O2. The zero-order valence-corrected chi connectivity index (χ0v) is 7.33. The molecular weight excluding hydrogens is 194 g/mol. The van der Waals surface area contributed by atoms with E-state index in [4.69, 9.17) is 5.73 Å². The van der Waals surface area contributed by atoms with Crippen molar-refractivity contribution in [3.05, 3.63) is 23.4 Å². The monoisotopic (exact) mass is 202 g/mol. The number of nitrogens with zero attached hydrogens (tertiary/aromatic N) is 1. The number of nitrogens with two attached hydrogens (primary N) is 1. The summed E-state index contributed by atoms with van der Waals surface area (Å²) in [6.07, 6.45) is -2.69. The number of hydrogen-bond acceptors (Lipinski definition) is 4. The van der Waals surface area contributed by atoms with E-state index < -0.39 is 12.4 Å². The molecule has 0 fully saturated rings. The standard InChI is InChI=1S/C8H8F2N2O2/c1-14-8(13)5-2-4(7(9)10)3-6(11)12-5/h2-3,7H,1H3,(H2,11,12). The Bertz CT molecular complexity index is 355. The van der Waals surface area contributed by atoms with Gasteiger partial charge >= 0.3 is 5.97 Å². The first-order valence-electron chi connectivity index (χ1n) is 3.68. The molecule has 0 saturated heterocycles. The molecule has 0 saturated carbocycles. The van der Waals surface area contributed by atoms with E-state index in [1.807, 2.05) is 0 Å². The predicted octanol–water partition coefficient (Wildman–Crippen LogP) is 1.39. The molecule has 1 heterocycles. The molecule has 6 heteroatoms. The summed E-state index contributed by atoms with van der Waals surface area (Å²) in [5.74, 6) is -0.928. The topological polar surface area (TPSA) is 65.2 Å². The summed E-state index contributed by atoms with van der Waals surface area (Å²) in [5.41, 5.74) is 4.67. The Hall–Kier alpha value is -1.72. The molecule has 2 N–H and O–H groups in total. The summed E-state index contributed by atoms with van der Waals surface area (Å²) < 4.78 is 28.8. The van der Waals surface area contributed by atoms with Gasteiger partial charge in [-0.1, -0.05) is 0 Å². The second kappa shape index (κ2) is 3.99. The van der Waals surface area contributed by atoms with Crippen LogP contribution < -0.4 is 5.73 Å². The van der Waals surface area contributed by atoms with E-state index in [9.17, 15) is 13.6 Å². The first-order valence-corrected chi connectivity index (χ1v) is 3.68. The summed E-state index contributed by atoms with van der Waals surface area (Å²) in [4.78, 5) is 14.5. The number of carbonyl (C=O) groups excluding carboxylic acids is 1. The molecule has 76 valence electrons. The number of methoxy groups -OCH3 is 1. The largest absolute Gasteiger partial charge is 0.464 e. The van der Waals surface area contributed by atoms with Gasteiger partial charge in [0.1, 0.15) is 5.82 Å². The summed E-state index contributed by atoms with van der Waals surface area (Å²) in [5, 5.41) is 0. The number of carbonyl (C=O) groups is 1. The number of pyridine rings is 1. The van der Waals surface area contributed by atoms with Crippen molar-refractivity contribution in [2.45, 2.75) is 6.43 Å². The zero-order chi connectivity index (χ0) is 10.7. The highest BCUT2D eigenvalue weighted by Gasteiger charge is 2.14. The number of anilines is 1. The molecule has 1 aromatic rings. The van der Waals surface area contributed by atoms with Gasteiger partial charge in [-0.2, -0.15) is 0 Å². The number of esters is 1. The number of halogens is 2. The van der Waals surface area contributed by atoms with Gasteiger partial charge in [-0.25, -0.2) is 18.6 Å². The second-order valence-corrected chi connectivity index (χ2v) is 2.50. The Morgan fingerprint density at radius 2 is 2.21 bits per heavy atom. The van der Waals surface area contributed by atoms with Gasteiger partial charge in [-0.3, -0.25) is 0 Å². The van der Waals surface area contributed by atoms with Crippen LogP contribution in [0.5, 0.6) is 0 Å². The highest BCUT2D eigenvalue weighted by molar-refractivity contribution is 5.87. The van der Waals surface area contributed by atoms with Gasteiger partial charge in [0.15, 0.2) is 5.69 Å². The molecule has 1 rings (SSSR count). The number of rotatable bonds is 2. The lowest BCUT2D eigenvalue weighted by molar-refractivity contribution is 0.0593. The Labute approximate surface area is 78.7 Å². The van der Waals surface area contributed by atoms with E-state index in [1.165, 1.54) is 0 Å². The minimum atomic E-state index is -2.69. The van der Waals surface area contributed by atoms with Gasteiger partial charge in [0.2, 0.25) is 0 Å². The van der Waals surface area contributed by atoms with E-state index in [0.717, 1.165) is 19.2 Å². The third-order valence-corrected chi connectivity index (χ3v) is 1.51. The van der Waals surface area contributed by atoms with Gasteiger partial charge < -0.3 is 10.5 Å². The molecule has 4 nitrogen and oxygen atoms in total. The SMILES string of the molecule is COC(=O)c1cc(C(F)F)cc(N)n1. The normalized spacial score (nSPS) is 10.3. The van der Waals surface area contributed by atoms with Crippen LogP contribution in [0.15, 0.2) is 12.1 Å². The maximum Gasteiger partial charge on any atom is 0.356 e.